The van der Waals surface area contributed by atoms with Crippen LogP contribution < -0.4 is 5.32 Å². The number of guanidine groups is 1. The number of aliphatic imine (C=N–C) groups is 1. The Bertz CT molecular complexity index is 749. The molecule has 2 saturated heterocycles. The minimum atomic E-state index is -3.18. The number of halogens is 1. The molecule has 2 aliphatic heterocycles. The molecule has 0 spiro atoms. The normalized spacial score (nSPS) is 22.6. The molecular formula is C20H32IN3O3S. The van der Waals surface area contributed by atoms with E-state index in [1.165, 1.54) is 11.8 Å². The molecule has 2 fully saturated rings. The standard InChI is InChI=1S/C20H31N3O3S.HI/c1-21-19(22-16-20(27(2,24)25)9-12-26-13-10-20)23-11-8-18(15-23)14-17-6-4-3-5-7-17;/h3-7,18H,8-16H2,1-2H3,(H,21,22);1H. The summed E-state index contributed by atoms with van der Waals surface area (Å²) in [5, 5.41) is 3.35. The van der Waals surface area contributed by atoms with Crippen molar-refractivity contribution in [2.45, 2.75) is 30.4 Å². The van der Waals surface area contributed by atoms with Crippen LogP contribution in [0.4, 0.5) is 0 Å². The molecule has 1 aromatic rings. The molecule has 6 nitrogen and oxygen atoms in total. The first-order chi connectivity index (χ1) is 12.9. The van der Waals surface area contributed by atoms with Crippen molar-refractivity contribution in [1.82, 2.24) is 10.2 Å². The van der Waals surface area contributed by atoms with Crippen LogP contribution >= 0.6 is 24.0 Å². The van der Waals surface area contributed by atoms with Crippen molar-refractivity contribution >= 4 is 39.8 Å². The largest absolute Gasteiger partial charge is 0.381 e. The smallest absolute Gasteiger partial charge is 0.193 e. The molecule has 0 radical (unpaired) electrons. The molecular weight excluding hydrogens is 489 g/mol. The fourth-order valence-corrected chi connectivity index (χ4v) is 5.38. The Morgan fingerprint density at radius 1 is 1.29 bits per heavy atom. The Morgan fingerprint density at radius 3 is 2.57 bits per heavy atom. The maximum atomic E-state index is 12.4. The van der Waals surface area contributed by atoms with Gasteiger partial charge in [0.25, 0.3) is 0 Å². The summed E-state index contributed by atoms with van der Waals surface area (Å²) in [6.45, 7) is 3.28. The quantitative estimate of drug-likeness (QED) is 0.366. The third-order valence-electron chi connectivity index (χ3n) is 5.92. The van der Waals surface area contributed by atoms with E-state index in [0.29, 0.717) is 38.5 Å². The summed E-state index contributed by atoms with van der Waals surface area (Å²) in [5.74, 6) is 1.40. The number of nitrogens with zero attached hydrogens (tertiary/aromatic N) is 2. The lowest BCUT2D eigenvalue weighted by molar-refractivity contribution is 0.0755. The van der Waals surface area contributed by atoms with Crippen molar-refractivity contribution in [3.05, 3.63) is 35.9 Å². The van der Waals surface area contributed by atoms with E-state index in [-0.39, 0.29) is 24.0 Å². The Hall–Kier alpha value is -0.870. The summed E-state index contributed by atoms with van der Waals surface area (Å²) in [6.07, 6.45) is 4.60. The first-order valence-electron chi connectivity index (χ1n) is 9.70. The van der Waals surface area contributed by atoms with Crippen LogP contribution in [0, 0.1) is 5.92 Å². The molecule has 1 aromatic carbocycles. The summed E-state index contributed by atoms with van der Waals surface area (Å²) in [5.41, 5.74) is 1.37. The zero-order valence-corrected chi connectivity index (χ0v) is 19.9. The van der Waals surface area contributed by atoms with Crippen LogP contribution in [-0.2, 0) is 21.0 Å². The summed E-state index contributed by atoms with van der Waals surface area (Å²) >= 11 is 0. The molecule has 158 valence electrons. The molecule has 2 aliphatic rings. The van der Waals surface area contributed by atoms with Crippen LogP contribution in [0.2, 0.25) is 0 Å². The number of rotatable bonds is 5. The molecule has 2 heterocycles. The van der Waals surface area contributed by atoms with Gasteiger partial charge >= 0.3 is 0 Å². The number of ether oxygens (including phenoxy) is 1. The zero-order valence-electron chi connectivity index (χ0n) is 16.8. The highest BCUT2D eigenvalue weighted by Crippen LogP contribution is 2.29. The van der Waals surface area contributed by atoms with Crippen molar-refractivity contribution in [3.63, 3.8) is 0 Å². The van der Waals surface area contributed by atoms with Gasteiger partial charge in [-0.15, -0.1) is 24.0 Å². The minimum absolute atomic E-state index is 0. The highest BCUT2D eigenvalue weighted by Gasteiger charge is 2.42. The van der Waals surface area contributed by atoms with E-state index in [4.69, 9.17) is 4.74 Å². The van der Waals surface area contributed by atoms with Crippen LogP contribution in [-0.4, -0.2) is 70.2 Å². The van der Waals surface area contributed by atoms with Crippen LogP contribution in [0.5, 0.6) is 0 Å². The van der Waals surface area contributed by atoms with Gasteiger partial charge in [0.1, 0.15) is 0 Å². The molecule has 0 saturated carbocycles. The number of benzene rings is 1. The average molecular weight is 521 g/mol. The fraction of sp³-hybridized carbons (Fsp3) is 0.650. The van der Waals surface area contributed by atoms with Crippen LogP contribution in [0.1, 0.15) is 24.8 Å². The fourth-order valence-electron chi connectivity index (χ4n) is 4.13. The summed E-state index contributed by atoms with van der Waals surface area (Å²) in [6, 6.07) is 10.6. The van der Waals surface area contributed by atoms with Gasteiger partial charge in [-0.3, -0.25) is 4.99 Å². The molecule has 1 unspecified atom stereocenters. The highest BCUT2D eigenvalue weighted by molar-refractivity contribution is 14.0. The summed E-state index contributed by atoms with van der Waals surface area (Å²) < 4.78 is 29.5. The topological polar surface area (TPSA) is 71.0 Å². The Kier molecular flexibility index (Phi) is 8.57. The first-order valence-corrected chi connectivity index (χ1v) is 11.6. The Balaban J connectivity index is 0.00000280. The second-order valence-corrected chi connectivity index (χ2v) is 10.2. The maximum Gasteiger partial charge on any atom is 0.193 e. The number of sulfone groups is 1. The molecule has 8 heteroatoms. The second-order valence-electron chi connectivity index (χ2n) is 7.76. The van der Waals surface area contributed by atoms with Crippen molar-refractivity contribution in [2.24, 2.45) is 10.9 Å². The van der Waals surface area contributed by atoms with E-state index in [1.54, 1.807) is 7.05 Å². The summed E-state index contributed by atoms with van der Waals surface area (Å²) in [4.78, 5) is 6.67. The van der Waals surface area contributed by atoms with Crippen molar-refractivity contribution < 1.29 is 13.2 Å². The lowest BCUT2D eigenvalue weighted by atomic mass is 9.99. The maximum absolute atomic E-state index is 12.4. The molecule has 3 rings (SSSR count). The van der Waals surface area contributed by atoms with E-state index in [1.807, 2.05) is 6.07 Å². The van der Waals surface area contributed by atoms with Gasteiger partial charge < -0.3 is 15.0 Å². The predicted molar refractivity (Wildman–Crippen MR) is 124 cm³/mol. The number of hydrogen-bond acceptors (Lipinski definition) is 4. The van der Waals surface area contributed by atoms with Crippen LogP contribution in [0.25, 0.3) is 0 Å². The molecule has 0 aromatic heterocycles. The predicted octanol–water partition coefficient (Wildman–Crippen LogP) is 2.34. The van der Waals surface area contributed by atoms with E-state index < -0.39 is 14.6 Å². The molecule has 28 heavy (non-hydrogen) atoms. The van der Waals surface area contributed by atoms with E-state index in [2.05, 4.69) is 39.5 Å². The van der Waals surface area contributed by atoms with Gasteiger partial charge in [0.05, 0.1) is 4.75 Å². The lowest BCUT2D eigenvalue weighted by Gasteiger charge is -2.36. The number of nitrogens with one attached hydrogen (secondary N) is 1. The van der Waals surface area contributed by atoms with Gasteiger partial charge in [-0.1, -0.05) is 30.3 Å². The van der Waals surface area contributed by atoms with Crippen LogP contribution in [0.15, 0.2) is 35.3 Å². The Labute approximate surface area is 186 Å². The molecule has 0 bridgehead atoms. The second kappa shape index (κ2) is 10.2. The lowest BCUT2D eigenvalue weighted by Crippen LogP contribution is -2.54. The number of likely N-dealkylation sites (tertiary alicyclic amines) is 1. The first kappa shape index (κ1) is 23.4. The van der Waals surface area contributed by atoms with E-state index in [9.17, 15) is 8.42 Å². The zero-order chi connectivity index (χ0) is 19.3. The Morgan fingerprint density at radius 2 is 1.96 bits per heavy atom. The van der Waals surface area contributed by atoms with Gasteiger partial charge in [-0.2, -0.15) is 0 Å². The van der Waals surface area contributed by atoms with Crippen molar-refractivity contribution in [1.29, 1.82) is 0 Å². The van der Waals surface area contributed by atoms with Gasteiger partial charge in [-0.25, -0.2) is 8.42 Å². The van der Waals surface area contributed by atoms with E-state index >= 15 is 0 Å². The third kappa shape index (κ3) is 5.60. The van der Waals surface area contributed by atoms with Crippen molar-refractivity contribution in [3.8, 4) is 0 Å². The van der Waals surface area contributed by atoms with Crippen LogP contribution in [0.3, 0.4) is 0 Å². The van der Waals surface area contributed by atoms with E-state index in [0.717, 1.165) is 31.9 Å². The van der Waals surface area contributed by atoms with Gasteiger partial charge in [0.15, 0.2) is 15.8 Å². The monoisotopic (exact) mass is 521 g/mol. The minimum Gasteiger partial charge on any atom is -0.381 e. The average Bonchev–Trinajstić information content (AvgIpc) is 3.11. The molecule has 0 aliphatic carbocycles. The summed E-state index contributed by atoms with van der Waals surface area (Å²) in [7, 11) is -1.41. The molecule has 1 atom stereocenters. The molecule has 0 amide bonds. The van der Waals surface area contributed by atoms with Gasteiger partial charge in [-0.05, 0) is 37.2 Å². The van der Waals surface area contributed by atoms with Gasteiger partial charge in [0.2, 0.25) is 0 Å². The highest BCUT2D eigenvalue weighted by atomic mass is 127. The SMILES string of the molecule is CN=C(NCC1(S(C)(=O)=O)CCOCC1)N1CCC(Cc2ccccc2)C1.I. The molecule has 1 N–H and O–H groups in total. The number of hydrogen-bond donors (Lipinski definition) is 1. The third-order valence-corrected chi connectivity index (χ3v) is 8.05. The van der Waals surface area contributed by atoms with Gasteiger partial charge in [0, 0.05) is 46.2 Å². The van der Waals surface area contributed by atoms with Crippen molar-refractivity contribution in [2.75, 3.05) is 46.2 Å².